The number of aromatic nitrogens is 1. The van der Waals surface area contributed by atoms with Gasteiger partial charge in [0.25, 0.3) is 0 Å². The van der Waals surface area contributed by atoms with Gasteiger partial charge in [-0.15, -0.1) is 0 Å². The Labute approximate surface area is 89.7 Å². The van der Waals surface area contributed by atoms with Gasteiger partial charge in [0.15, 0.2) is 0 Å². The van der Waals surface area contributed by atoms with Gasteiger partial charge in [0.2, 0.25) is 0 Å². The number of rotatable bonds is 2. The molecular weight excluding hydrogens is 188 g/mol. The third-order valence-corrected chi connectivity index (χ3v) is 2.95. The molecule has 1 aliphatic heterocycles. The summed E-state index contributed by atoms with van der Waals surface area (Å²) in [5, 5.41) is 8.89. The second-order valence-electron chi connectivity index (χ2n) is 4.08. The molecule has 78 valence electrons. The Morgan fingerprint density at radius 1 is 1.60 bits per heavy atom. The van der Waals surface area contributed by atoms with Crippen LogP contribution in [0.3, 0.4) is 0 Å². The van der Waals surface area contributed by atoms with Gasteiger partial charge >= 0.3 is 0 Å². The van der Waals surface area contributed by atoms with Crippen LogP contribution >= 0.6 is 0 Å². The Hall–Kier alpha value is -1.40. The summed E-state index contributed by atoms with van der Waals surface area (Å²) in [5.74, 6) is 0. The monoisotopic (exact) mass is 202 g/mol. The number of aryl methyl sites for hydroxylation is 1. The van der Waals surface area contributed by atoms with Crippen LogP contribution < -0.4 is 0 Å². The van der Waals surface area contributed by atoms with Gasteiger partial charge in [-0.3, -0.25) is 4.98 Å². The fourth-order valence-corrected chi connectivity index (χ4v) is 2.03. The van der Waals surface area contributed by atoms with Crippen LogP contribution in [-0.4, -0.2) is 18.2 Å². The van der Waals surface area contributed by atoms with E-state index in [0.717, 1.165) is 24.4 Å². The summed E-state index contributed by atoms with van der Waals surface area (Å²) in [7, 11) is 0. The first-order chi connectivity index (χ1) is 7.27. The number of pyridine rings is 1. The lowest BCUT2D eigenvalue weighted by Gasteiger charge is -2.23. The topological polar surface area (TPSA) is 45.9 Å². The van der Waals surface area contributed by atoms with Gasteiger partial charge < -0.3 is 4.74 Å². The summed E-state index contributed by atoms with van der Waals surface area (Å²) in [6.45, 7) is 3.33. The molecule has 1 aliphatic rings. The van der Waals surface area contributed by atoms with Crippen LogP contribution in [0.2, 0.25) is 0 Å². The predicted octanol–water partition coefficient (Wildman–Crippen LogP) is 1.96. The molecule has 0 spiro atoms. The summed E-state index contributed by atoms with van der Waals surface area (Å²) in [6, 6.07) is 8.21. The van der Waals surface area contributed by atoms with E-state index in [1.165, 1.54) is 0 Å². The Morgan fingerprint density at radius 2 is 2.47 bits per heavy atom. The Morgan fingerprint density at radius 3 is 3.07 bits per heavy atom. The number of nitrogens with zero attached hydrogens (tertiary/aromatic N) is 2. The van der Waals surface area contributed by atoms with Crippen molar-refractivity contribution >= 4 is 0 Å². The summed E-state index contributed by atoms with van der Waals surface area (Å²) < 4.78 is 5.42. The molecule has 0 radical (unpaired) electrons. The maximum absolute atomic E-state index is 8.89. The van der Waals surface area contributed by atoms with Gasteiger partial charge in [-0.2, -0.15) is 5.26 Å². The average molecular weight is 202 g/mol. The van der Waals surface area contributed by atoms with E-state index < -0.39 is 0 Å². The highest BCUT2D eigenvalue weighted by Crippen LogP contribution is 2.34. The first-order valence-corrected chi connectivity index (χ1v) is 5.16. The van der Waals surface area contributed by atoms with E-state index in [9.17, 15) is 0 Å². The predicted molar refractivity (Wildman–Crippen MR) is 56.3 cm³/mol. The minimum atomic E-state index is -0.166. The van der Waals surface area contributed by atoms with E-state index in [1.54, 1.807) is 0 Å². The van der Waals surface area contributed by atoms with E-state index in [1.807, 2.05) is 25.1 Å². The van der Waals surface area contributed by atoms with Crippen molar-refractivity contribution in [3.63, 3.8) is 0 Å². The maximum atomic E-state index is 8.89. The van der Waals surface area contributed by atoms with Crippen molar-refractivity contribution in [1.82, 2.24) is 4.98 Å². The first-order valence-electron chi connectivity index (χ1n) is 5.16. The van der Waals surface area contributed by atoms with E-state index in [2.05, 4.69) is 11.1 Å². The fraction of sp³-hybridized carbons (Fsp3) is 0.500. The van der Waals surface area contributed by atoms with Crippen molar-refractivity contribution in [1.29, 1.82) is 5.26 Å². The highest BCUT2D eigenvalue weighted by atomic mass is 16.5. The number of hydrogen-bond donors (Lipinski definition) is 0. The van der Waals surface area contributed by atoms with E-state index in [0.29, 0.717) is 13.0 Å². The molecule has 0 bridgehead atoms. The lowest BCUT2D eigenvalue weighted by Crippen LogP contribution is -2.27. The molecule has 0 aromatic carbocycles. The minimum absolute atomic E-state index is 0.166. The average Bonchev–Trinajstić information content (AvgIpc) is 2.68. The zero-order valence-corrected chi connectivity index (χ0v) is 8.86. The molecule has 0 amide bonds. The Balaban J connectivity index is 2.37. The standard InChI is InChI=1S/C12H14N2O/c1-10-3-2-4-11(14-10)12(5-7-13)6-8-15-9-12/h2-4H,5-6,8-9H2,1H3. The lowest BCUT2D eigenvalue weighted by molar-refractivity contribution is 0.177. The van der Waals surface area contributed by atoms with Crippen LogP contribution in [0.1, 0.15) is 24.2 Å². The number of ether oxygens (including phenoxy) is 1. The van der Waals surface area contributed by atoms with Crippen molar-refractivity contribution in [2.45, 2.75) is 25.2 Å². The van der Waals surface area contributed by atoms with Gasteiger partial charge in [0.05, 0.1) is 23.8 Å². The third-order valence-electron chi connectivity index (χ3n) is 2.95. The summed E-state index contributed by atoms with van der Waals surface area (Å²) >= 11 is 0. The Kier molecular flexibility index (Phi) is 2.70. The second-order valence-corrected chi connectivity index (χ2v) is 4.08. The van der Waals surface area contributed by atoms with Crippen molar-refractivity contribution in [3.8, 4) is 6.07 Å². The molecule has 0 N–H and O–H groups in total. The molecule has 1 aromatic heterocycles. The third kappa shape index (κ3) is 1.86. The molecular formula is C12H14N2O. The highest BCUT2D eigenvalue weighted by molar-refractivity contribution is 5.23. The lowest BCUT2D eigenvalue weighted by atomic mass is 9.80. The highest BCUT2D eigenvalue weighted by Gasteiger charge is 2.37. The van der Waals surface area contributed by atoms with Crippen molar-refractivity contribution in [2.24, 2.45) is 0 Å². The maximum Gasteiger partial charge on any atom is 0.0632 e. The second kappa shape index (κ2) is 4.00. The molecule has 1 unspecified atom stereocenters. The van der Waals surface area contributed by atoms with Crippen LogP contribution in [0.15, 0.2) is 18.2 Å². The van der Waals surface area contributed by atoms with Gasteiger partial charge in [-0.1, -0.05) is 6.07 Å². The zero-order valence-electron chi connectivity index (χ0n) is 8.86. The minimum Gasteiger partial charge on any atom is -0.380 e. The van der Waals surface area contributed by atoms with Gasteiger partial charge in [-0.05, 0) is 25.5 Å². The van der Waals surface area contributed by atoms with Crippen LogP contribution in [0, 0.1) is 18.3 Å². The SMILES string of the molecule is Cc1cccc(C2(CC#N)CCOC2)n1. The van der Waals surface area contributed by atoms with Crippen molar-refractivity contribution < 1.29 is 4.74 Å². The van der Waals surface area contributed by atoms with Crippen LogP contribution in [0.4, 0.5) is 0 Å². The smallest absolute Gasteiger partial charge is 0.0632 e. The fourth-order valence-electron chi connectivity index (χ4n) is 2.03. The number of hydrogen-bond acceptors (Lipinski definition) is 3. The van der Waals surface area contributed by atoms with Gasteiger partial charge in [0.1, 0.15) is 0 Å². The zero-order chi connectivity index (χ0) is 10.7. The largest absolute Gasteiger partial charge is 0.380 e. The molecule has 1 saturated heterocycles. The van der Waals surface area contributed by atoms with E-state index in [4.69, 9.17) is 10.00 Å². The first kappa shape index (κ1) is 10.1. The quantitative estimate of drug-likeness (QED) is 0.736. The van der Waals surface area contributed by atoms with Crippen molar-refractivity contribution in [2.75, 3.05) is 13.2 Å². The van der Waals surface area contributed by atoms with Crippen LogP contribution in [-0.2, 0) is 10.2 Å². The molecule has 1 fully saturated rings. The molecule has 2 rings (SSSR count). The molecule has 0 aliphatic carbocycles. The molecule has 0 saturated carbocycles. The normalized spacial score (nSPS) is 25.1. The number of nitriles is 1. The molecule has 1 atom stereocenters. The van der Waals surface area contributed by atoms with Crippen LogP contribution in [0.25, 0.3) is 0 Å². The molecule has 15 heavy (non-hydrogen) atoms. The van der Waals surface area contributed by atoms with E-state index in [-0.39, 0.29) is 5.41 Å². The van der Waals surface area contributed by atoms with Gasteiger partial charge in [0, 0.05) is 18.7 Å². The van der Waals surface area contributed by atoms with E-state index >= 15 is 0 Å². The van der Waals surface area contributed by atoms with Gasteiger partial charge in [-0.25, -0.2) is 0 Å². The summed E-state index contributed by atoms with van der Waals surface area (Å²) in [6.07, 6.45) is 1.39. The molecule has 3 heteroatoms. The summed E-state index contributed by atoms with van der Waals surface area (Å²) in [4.78, 5) is 4.51. The Bertz CT molecular complexity index is 389. The van der Waals surface area contributed by atoms with Crippen LogP contribution in [0.5, 0.6) is 0 Å². The molecule has 2 heterocycles. The molecule has 1 aromatic rings. The molecule has 3 nitrogen and oxygen atoms in total. The van der Waals surface area contributed by atoms with Crippen molar-refractivity contribution in [3.05, 3.63) is 29.6 Å². The summed E-state index contributed by atoms with van der Waals surface area (Å²) in [5.41, 5.74) is 1.83.